The summed E-state index contributed by atoms with van der Waals surface area (Å²) in [5, 5.41) is 7.74. The molecule has 0 unspecified atom stereocenters. The Bertz CT molecular complexity index is 817. The van der Waals surface area contributed by atoms with Gasteiger partial charge in [0.05, 0.1) is 6.54 Å². The molecule has 8 nitrogen and oxygen atoms in total. The maximum absolute atomic E-state index is 12.1. The highest BCUT2D eigenvalue weighted by atomic mass is 35.5. The van der Waals surface area contributed by atoms with Crippen LogP contribution in [0.1, 0.15) is 18.1 Å². The van der Waals surface area contributed by atoms with Crippen molar-refractivity contribution < 1.29 is 13.8 Å². The Morgan fingerprint density at radius 2 is 2.21 bits per heavy atom. The molecule has 0 radical (unpaired) electrons. The minimum absolute atomic E-state index is 0.0800. The standard InChI is InChI=1S/C15H14ClN5O3/c1-21(14(22)5-4-11-7-12(16)19-23-11)9-13-18-15(20-24-13)10-3-2-6-17-8-10/h2-3,6-8H,4-5,9H2,1H3. The lowest BCUT2D eigenvalue weighted by Gasteiger charge is -2.13. The van der Waals surface area contributed by atoms with Crippen LogP contribution in [0, 0.1) is 0 Å². The summed E-state index contributed by atoms with van der Waals surface area (Å²) in [4.78, 5) is 21.9. The van der Waals surface area contributed by atoms with E-state index in [-0.39, 0.29) is 24.0 Å². The molecular formula is C15H14ClN5O3. The summed E-state index contributed by atoms with van der Waals surface area (Å²) in [7, 11) is 1.67. The molecule has 24 heavy (non-hydrogen) atoms. The van der Waals surface area contributed by atoms with E-state index in [1.54, 1.807) is 31.6 Å². The zero-order chi connectivity index (χ0) is 16.9. The SMILES string of the molecule is CN(Cc1nc(-c2cccnc2)no1)C(=O)CCc1cc(Cl)no1. The summed E-state index contributed by atoms with van der Waals surface area (Å²) in [6, 6.07) is 5.21. The van der Waals surface area contributed by atoms with Crippen LogP contribution in [0.4, 0.5) is 0 Å². The maximum atomic E-state index is 12.1. The third kappa shape index (κ3) is 3.96. The first-order valence-corrected chi connectivity index (χ1v) is 7.57. The number of pyridine rings is 1. The van der Waals surface area contributed by atoms with Gasteiger partial charge < -0.3 is 13.9 Å². The molecule has 0 fully saturated rings. The number of carbonyl (C=O) groups is 1. The van der Waals surface area contributed by atoms with Gasteiger partial charge in [-0.2, -0.15) is 4.98 Å². The molecule has 0 aliphatic carbocycles. The van der Waals surface area contributed by atoms with Crippen LogP contribution in [0.2, 0.25) is 5.15 Å². The number of hydrogen-bond acceptors (Lipinski definition) is 7. The fraction of sp³-hybridized carbons (Fsp3) is 0.267. The zero-order valence-electron chi connectivity index (χ0n) is 12.8. The van der Waals surface area contributed by atoms with Crippen molar-refractivity contribution in [2.45, 2.75) is 19.4 Å². The van der Waals surface area contributed by atoms with E-state index in [1.807, 2.05) is 6.07 Å². The van der Waals surface area contributed by atoms with Crippen molar-refractivity contribution in [3.05, 3.63) is 47.4 Å². The molecule has 3 aromatic rings. The van der Waals surface area contributed by atoms with Crippen LogP contribution in [0.3, 0.4) is 0 Å². The van der Waals surface area contributed by atoms with E-state index in [1.165, 1.54) is 4.90 Å². The fourth-order valence-corrected chi connectivity index (χ4v) is 2.21. The number of amides is 1. The smallest absolute Gasteiger partial charge is 0.246 e. The summed E-state index contributed by atoms with van der Waals surface area (Å²) in [6.45, 7) is 0.225. The molecule has 0 atom stereocenters. The number of halogens is 1. The molecule has 0 saturated heterocycles. The van der Waals surface area contributed by atoms with Gasteiger partial charge in [-0.25, -0.2) is 0 Å². The quantitative estimate of drug-likeness (QED) is 0.675. The van der Waals surface area contributed by atoms with Crippen molar-refractivity contribution in [3.8, 4) is 11.4 Å². The Labute approximate surface area is 142 Å². The van der Waals surface area contributed by atoms with Gasteiger partial charge in [-0.15, -0.1) is 0 Å². The van der Waals surface area contributed by atoms with E-state index >= 15 is 0 Å². The molecule has 3 aromatic heterocycles. The van der Waals surface area contributed by atoms with Gasteiger partial charge >= 0.3 is 0 Å². The largest absolute Gasteiger partial charge is 0.360 e. The van der Waals surface area contributed by atoms with Gasteiger partial charge in [-0.3, -0.25) is 9.78 Å². The van der Waals surface area contributed by atoms with E-state index in [4.69, 9.17) is 20.6 Å². The van der Waals surface area contributed by atoms with Crippen LogP contribution in [-0.2, 0) is 17.8 Å². The number of aromatic nitrogens is 4. The van der Waals surface area contributed by atoms with Crippen LogP contribution < -0.4 is 0 Å². The third-order valence-corrected chi connectivity index (χ3v) is 3.48. The number of carbonyl (C=O) groups excluding carboxylic acids is 1. The number of aryl methyl sites for hydroxylation is 1. The highest BCUT2D eigenvalue weighted by molar-refractivity contribution is 6.29. The summed E-state index contributed by atoms with van der Waals surface area (Å²) < 4.78 is 10.1. The molecule has 1 amide bonds. The second-order valence-corrected chi connectivity index (χ2v) is 5.51. The van der Waals surface area contributed by atoms with Gasteiger partial charge in [0.15, 0.2) is 5.15 Å². The fourth-order valence-electron chi connectivity index (χ4n) is 2.05. The van der Waals surface area contributed by atoms with Gasteiger partial charge in [0.25, 0.3) is 0 Å². The molecule has 0 aliphatic rings. The lowest BCUT2D eigenvalue weighted by molar-refractivity contribution is -0.130. The number of nitrogens with zero attached hydrogens (tertiary/aromatic N) is 5. The molecule has 0 N–H and O–H groups in total. The van der Waals surface area contributed by atoms with Crippen LogP contribution in [0.15, 0.2) is 39.6 Å². The average molecular weight is 348 g/mol. The molecule has 0 aromatic carbocycles. The first-order valence-electron chi connectivity index (χ1n) is 7.20. The van der Waals surface area contributed by atoms with Crippen molar-refractivity contribution >= 4 is 17.5 Å². The first-order chi connectivity index (χ1) is 11.6. The van der Waals surface area contributed by atoms with Crippen LogP contribution >= 0.6 is 11.6 Å². The number of rotatable bonds is 6. The summed E-state index contributed by atoms with van der Waals surface area (Å²) in [5.74, 6) is 1.28. The van der Waals surface area contributed by atoms with E-state index in [0.717, 1.165) is 5.56 Å². The van der Waals surface area contributed by atoms with Gasteiger partial charge in [-0.1, -0.05) is 21.9 Å². The number of hydrogen-bond donors (Lipinski definition) is 0. The molecule has 0 bridgehead atoms. The predicted octanol–water partition coefficient (Wildman–Crippen LogP) is 2.36. The summed E-state index contributed by atoms with van der Waals surface area (Å²) in [5.41, 5.74) is 0.753. The minimum atomic E-state index is -0.0800. The van der Waals surface area contributed by atoms with Gasteiger partial charge in [-0.05, 0) is 12.1 Å². The summed E-state index contributed by atoms with van der Waals surface area (Å²) in [6.07, 6.45) is 4.00. The molecule has 3 heterocycles. The maximum Gasteiger partial charge on any atom is 0.246 e. The van der Waals surface area contributed by atoms with Crippen molar-refractivity contribution in [3.63, 3.8) is 0 Å². The first kappa shape index (κ1) is 16.1. The predicted molar refractivity (Wildman–Crippen MR) is 83.8 cm³/mol. The van der Waals surface area contributed by atoms with Gasteiger partial charge in [0.1, 0.15) is 5.76 Å². The van der Waals surface area contributed by atoms with Crippen molar-refractivity contribution in [1.29, 1.82) is 0 Å². The molecular weight excluding hydrogens is 334 g/mol. The van der Waals surface area contributed by atoms with Crippen LogP contribution in [0.25, 0.3) is 11.4 Å². The Hall–Kier alpha value is -2.74. The topological polar surface area (TPSA) is 98.2 Å². The Balaban J connectivity index is 1.55. The highest BCUT2D eigenvalue weighted by Gasteiger charge is 2.15. The second kappa shape index (κ2) is 7.22. The lowest BCUT2D eigenvalue weighted by Crippen LogP contribution is -2.26. The third-order valence-electron chi connectivity index (χ3n) is 3.30. The Morgan fingerprint density at radius 1 is 1.33 bits per heavy atom. The summed E-state index contributed by atoms with van der Waals surface area (Å²) >= 11 is 5.67. The van der Waals surface area contributed by atoms with Crippen molar-refractivity contribution in [2.24, 2.45) is 0 Å². The zero-order valence-corrected chi connectivity index (χ0v) is 13.6. The minimum Gasteiger partial charge on any atom is -0.360 e. The molecule has 0 spiro atoms. The van der Waals surface area contributed by atoms with Gasteiger partial charge in [0.2, 0.25) is 17.6 Å². The van der Waals surface area contributed by atoms with Crippen molar-refractivity contribution in [2.75, 3.05) is 7.05 Å². The lowest BCUT2D eigenvalue weighted by atomic mass is 10.2. The van der Waals surface area contributed by atoms with E-state index in [2.05, 4.69) is 20.3 Å². The normalized spacial score (nSPS) is 10.8. The molecule has 9 heteroatoms. The van der Waals surface area contributed by atoms with Crippen LogP contribution in [-0.4, -0.2) is 38.1 Å². The van der Waals surface area contributed by atoms with Crippen molar-refractivity contribution in [1.82, 2.24) is 25.2 Å². The second-order valence-electron chi connectivity index (χ2n) is 5.12. The van der Waals surface area contributed by atoms with E-state index in [9.17, 15) is 4.79 Å². The molecule has 124 valence electrons. The molecule has 0 saturated carbocycles. The van der Waals surface area contributed by atoms with Crippen LogP contribution in [0.5, 0.6) is 0 Å². The Kier molecular flexibility index (Phi) is 4.85. The van der Waals surface area contributed by atoms with E-state index in [0.29, 0.717) is 23.9 Å². The molecule has 0 aliphatic heterocycles. The average Bonchev–Trinajstić information content (AvgIpc) is 3.22. The monoisotopic (exact) mass is 347 g/mol. The molecule has 3 rings (SSSR count). The Morgan fingerprint density at radius 3 is 2.92 bits per heavy atom. The van der Waals surface area contributed by atoms with E-state index < -0.39 is 0 Å². The van der Waals surface area contributed by atoms with Gasteiger partial charge in [0, 0.05) is 43.9 Å². The highest BCUT2D eigenvalue weighted by Crippen LogP contribution is 2.15.